The number of imide groups is 1. The standard InChI is InChI=1S/C13H18N2O4/c1-9(12(17)15-13(18)14-2)19-11-5-3-10(4-6-11)7-8-16/h3-6,9,16H,7-8H2,1-2H3,(H2,14,15,17,18). The zero-order chi connectivity index (χ0) is 14.3. The summed E-state index contributed by atoms with van der Waals surface area (Å²) >= 11 is 0. The minimum atomic E-state index is -0.777. The quantitative estimate of drug-likeness (QED) is 0.722. The third-order valence-electron chi connectivity index (χ3n) is 2.47. The van der Waals surface area contributed by atoms with Crippen LogP contribution in [0.5, 0.6) is 5.75 Å². The largest absolute Gasteiger partial charge is 0.481 e. The molecule has 0 fully saturated rings. The summed E-state index contributed by atoms with van der Waals surface area (Å²) in [6.45, 7) is 1.64. The van der Waals surface area contributed by atoms with E-state index in [1.165, 1.54) is 7.05 Å². The van der Waals surface area contributed by atoms with E-state index < -0.39 is 18.0 Å². The number of nitrogens with one attached hydrogen (secondary N) is 2. The van der Waals surface area contributed by atoms with E-state index >= 15 is 0 Å². The number of carbonyl (C=O) groups is 2. The predicted octanol–water partition coefficient (Wildman–Crippen LogP) is 0.444. The fraction of sp³-hybridized carbons (Fsp3) is 0.385. The molecule has 0 saturated heterocycles. The van der Waals surface area contributed by atoms with Gasteiger partial charge < -0.3 is 15.2 Å². The van der Waals surface area contributed by atoms with Gasteiger partial charge in [0.25, 0.3) is 5.91 Å². The molecular weight excluding hydrogens is 248 g/mol. The van der Waals surface area contributed by atoms with Gasteiger partial charge in [-0.1, -0.05) is 12.1 Å². The Kier molecular flexibility index (Phi) is 5.81. The number of hydrogen-bond acceptors (Lipinski definition) is 4. The molecule has 0 bridgehead atoms. The van der Waals surface area contributed by atoms with Crippen LogP contribution in [0.4, 0.5) is 4.79 Å². The molecule has 0 radical (unpaired) electrons. The van der Waals surface area contributed by atoms with E-state index in [9.17, 15) is 9.59 Å². The number of aliphatic hydroxyl groups is 1. The Bertz CT molecular complexity index is 431. The molecule has 0 aromatic heterocycles. The average molecular weight is 266 g/mol. The van der Waals surface area contributed by atoms with E-state index in [1.54, 1.807) is 19.1 Å². The second-order valence-corrected chi connectivity index (χ2v) is 3.95. The van der Waals surface area contributed by atoms with Gasteiger partial charge in [-0.05, 0) is 31.0 Å². The molecule has 3 amide bonds. The topological polar surface area (TPSA) is 87.7 Å². The molecule has 3 N–H and O–H groups in total. The first-order chi connectivity index (χ1) is 9.06. The summed E-state index contributed by atoms with van der Waals surface area (Å²) in [4.78, 5) is 22.5. The number of urea groups is 1. The number of rotatable bonds is 5. The lowest BCUT2D eigenvalue weighted by molar-refractivity contribution is -0.126. The first kappa shape index (κ1) is 15.0. The highest BCUT2D eigenvalue weighted by molar-refractivity contribution is 5.96. The van der Waals surface area contributed by atoms with Crippen molar-refractivity contribution in [1.82, 2.24) is 10.6 Å². The van der Waals surface area contributed by atoms with E-state index in [4.69, 9.17) is 9.84 Å². The molecular formula is C13H18N2O4. The fourth-order valence-corrected chi connectivity index (χ4v) is 1.40. The number of hydrogen-bond donors (Lipinski definition) is 3. The first-order valence-corrected chi connectivity index (χ1v) is 5.96. The van der Waals surface area contributed by atoms with Crippen LogP contribution in [0.15, 0.2) is 24.3 Å². The summed E-state index contributed by atoms with van der Waals surface area (Å²) in [5.74, 6) is 0.0139. The molecule has 0 aliphatic carbocycles. The molecule has 6 nitrogen and oxygen atoms in total. The molecule has 0 spiro atoms. The van der Waals surface area contributed by atoms with E-state index in [0.29, 0.717) is 12.2 Å². The number of benzene rings is 1. The van der Waals surface area contributed by atoms with Gasteiger partial charge >= 0.3 is 6.03 Å². The second-order valence-electron chi connectivity index (χ2n) is 3.95. The summed E-state index contributed by atoms with van der Waals surface area (Å²) in [6.07, 6.45) is -0.200. The van der Waals surface area contributed by atoms with Crippen molar-refractivity contribution in [1.29, 1.82) is 0 Å². The maximum absolute atomic E-state index is 11.6. The van der Waals surface area contributed by atoms with Crippen molar-refractivity contribution in [3.05, 3.63) is 29.8 Å². The Morgan fingerprint density at radius 1 is 1.32 bits per heavy atom. The number of aliphatic hydroxyl groups excluding tert-OH is 1. The maximum Gasteiger partial charge on any atom is 0.321 e. The van der Waals surface area contributed by atoms with Gasteiger partial charge in [-0.15, -0.1) is 0 Å². The van der Waals surface area contributed by atoms with Crippen molar-refractivity contribution >= 4 is 11.9 Å². The van der Waals surface area contributed by atoms with E-state index in [0.717, 1.165) is 5.56 Å². The third kappa shape index (κ3) is 4.97. The van der Waals surface area contributed by atoms with Crippen LogP contribution >= 0.6 is 0 Å². The summed E-state index contributed by atoms with van der Waals surface area (Å²) in [7, 11) is 1.42. The minimum Gasteiger partial charge on any atom is -0.481 e. The minimum absolute atomic E-state index is 0.0884. The first-order valence-electron chi connectivity index (χ1n) is 5.96. The number of carbonyl (C=O) groups excluding carboxylic acids is 2. The molecule has 0 heterocycles. The highest BCUT2D eigenvalue weighted by Crippen LogP contribution is 2.14. The van der Waals surface area contributed by atoms with Crippen LogP contribution in [0.1, 0.15) is 12.5 Å². The maximum atomic E-state index is 11.6. The van der Waals surface area contributed by atoms with Crippen LogP contribution < -0.4 is 15.4 Å². The Balaban J connectivity index is 2.53. The molecule has 19 heavy (non-hydrogen) atoms. The molecule has 0 aliphatic rings. The molecule has 0 saturated carbocycles. The van der Waals surface area contributed by atoms with Crippen molar-refractivity contribution in [3.8, 4) is 5.75 Å². The molecule has 1 aromatic rings. The van der Waals surface area contributed by atoms with Gasteiger partial charge in [0.15, 0.2) is 6.10 Å². The van der Waals surface area contributed by atoms with Crippen molar-refractivity contribution in [2.45, 2.75) is 19.4 Å². The lowest BCUT2D eigenvalue weighted by Crippen LogP contribution is -2.43. The van der Waals surface area contributed by atoms with Gasteiger partial charge in [0.2, 0.25) is 0 Å². The van der Waals surface area contributed by atoms with Gasteiger partial charge in [0, 0.05) is 13.7 Å². The predicted molar refractivity (Wildman–Crippen MR) is 69.9 cm³/mol. The Morgan fingerprint density at radius 2 is 1.95 bits per heavy atom. The van der Waals surface area contributed by atoms with Crippen LogP contribution in [-0.2, 0) is 11.2 Å². The van der Waals surface area contributed by atoms with E-state index in [2.05, 4.69) is 10.6 Å². The zero-order valence-corrected chi connectivity index (χ0v) is 11.0. The van der Waals surface area contributed by atoms with Gasteiger partial charge in [-0.25, -0.2) is 4.79 Å². The van der Waals surface area contributed by atoms with Crippen LogP contribution in [0.3, 0.4) is 0 Å². The van der Waals surface area contributed by atoms with E-state index in [-0.39, 0.29) is 6.61 Å². The Morgan fingerprint density at radius 3 is 2.47 bits per heavy atom. The molecule has 6 heteroatoms. The zero-order valence-electron chi connectivity index (χ0n) is 11.0. The average Bonchev–Trinajstić information content (AvgIpc) is 2.41. The Hall–Kier alpha value is -2.08. The van der Waals surface area contributed by atoms with Gasteiger partial charge in [-0.3, -0.25) is 10.1 Å². The highest BCUT2D eigenvalue weighted by Gasteiger charge is 2.16. The Labute approximate surface area is 111 Å². The van der Waals surface area contributed by atoms with Gasteiger partial charge in [0.05, 0.1) is 0 Å². The lowest BCUT2D eigenvalue weighted by Gasteiger charge is -2.14. The van der Waals surface area contributed by atoms with E-state index in [1.807, 2.05) is 12.1 Å². The molecule has 0 aliphatic heterocycles. The second kappa shape index (κ2) is 7.38. The van der Waals surface area contributed by atoms with Crippen LogP contribution in [0.2, 0.25) is 0 Å². The molecule has 1 aromatic carbocycles. The summed E-state index contributed by atoms with van der Waals surface area (Å²) in [6, 6.07) is 6.49. The van der Waals surface area contributed by atoms with Crippen molar-refractivity contribution < 1.29 is 19.4 Å². The third-order valence-corrected chi connectivity index (χ3v) is 2.47. The smallest absolute Gasteiger partial charge is 0.321 e. The molecule has 1 atom stereocenters. The molecule has 1 rings (SSSR count). The number of ether oxygens (including phenoxy) is 1. The lowest BCUT2D eigenvalue weighted by atomic mass is 10.1. The molecule has 1 unspecified atom stereocenters. The van der Waals surface area contributed by atoms with Crippen molar-refractivity contribution in [2.75, 3.05) is 13.7 Å². The van der Waals surface area contributed by atoms with Gasteiger partial charge in [-0.2, -0.15) is 0 Å². The molecule has 104 valence electrons. The normalized spacial score (nSPS) is 11.5. The van der Waals surface area contributed by atoms with Crippen molar-refractivity contribution in [2.24, 2.45) is 0 Å². The number of amides is 3. The highest BCUT2D eigenvalue weighted by atomic mass is 16.5. The SMILES string of the molecule is CNC(=O)NC(=O)C(C)Oc1ccc(CCO)cc1. The monoisotopic (exact) mass is 266 g/mol. The summed E-state index contributed by atoms with van der Waals surface area (Å²) in [5, 5.41) is 13.2. The van der Waals surface area contributed by atoms with Crippen molar-refractivity contribution in [3.63, 3.8) is 0 Å². The van der Waals surface area contributed by atoms with Crippen LogP contribution in [0.25, 0.3) is 0 Å². The van der Waals surface area contributed by atoms with Crippen LogP contribution in [-0.4, -0.2) is 36.8 Å². The fourth-order valence-electron chi connectivity index (χ4n) is 1.40. The summed E-state index contributed by atoms with van der Waals surface area (Å²) < 4.78 is 5.40. The van der Waals surface area contributed by atoms with Crippen LogP contribution in [0, 0.1) is 0 Å². The van der Waals surface area contributed by atoms with Gasteiger partial charge in [0.1, 0.15) is 5.75 Å². The summed E-state index contributed by atoms with van der Waals surface area (Å²) in [5.41, 5.74) is 0.984.